The van der Waals surface area contributed by atoms with Gasteiger partial charge in [0.15, 0.2) is 0 Å². The van der Waals surface area contributed by atoms with Gasteiger partial charge in [0.25, 0.3) is 0 Å². The highest BCUT2D eigenvalue weighted by atomic mass is 16.5. The lowest BCUT2D eigenvalue weighted by Crippen LogP contribution is -2.06. The summed E-state index contributed by atoms with van der Waals surface area (Å²) in [6.07, 6.45) is 0.966. The van der Waals surface area contributed by atoms with Crippen LogP contribution in [0.3, 0.4) is 0 Å². The molecule has 0 atom stereocenters. The summed E-state index contributed by atoms with van der Waals surface area (Å²) in [6.45, 7) is 16.8. The Morgan fingerprint density at radius 1 is 1.31 bits per heavy atom. The first-order valence-electron chi connectivity index (χ1n) is 6.17. The standard InChI is InChI=1S/C12H22O2.C2H6/c1-6-7-14-12(10(4)8-13)11(5)9(2)3;1-2/h9,13H,5-8H2,1-4H3;1-2H3/b12-10-;. The van der Waals surface area contributed by atoms with Crippen LogP contribution >= 0.6 is 0 Å². The summed E-state index contributed by atoms with van der Waals surface area (Å²) in [5.74, 6) is 1.13. The Morgan fingerprint density at radius 3 is 2.12 bits per heavy atom. The molecule has 0 bridgehead atoms. The highest BCUT2D eigenvalue weighted by molar-refractivity contribution is 5.29. The second kappa shape index (κ2) is 10.7. The van der Waals surface area contributed by atoms with Crippen molar-refractivity contribution in [2.45, 2.75) is 48.0 Å². The smallest absolute Gasteiger partial charge is 0.123 e. The van der Waals surface area contributed by atoms with Gasteiger partial charge in [0.2, 0.25) is 0 Å². The first kappa shape index (κ1) is 17.6. The molecule has 1 N–H and O–H groups in total. The molecule has 0 spiro atoms. The molecule has 0 aromatic carbocycles. The van der Waals surface area contributed by atoms with Gasteiger partial charge in [0, 0.05) is 0 Å². The average Bonchev–Trinajstić information content (AvgIpc) is 2.31. The van der Waals surface area contributed by atoms with E-state index in [-0.39, 0.29) is 6.61 Å². The molecule has 0 aromatic rings. The maximum absolute atomic E-state index is 9.06. The Kier molecular flexibility index (Phi) is 11.8. The highest BCUT2D eigenvalue weighted by Crippen LogP contribution is 2.21. The molecule has 2 nitrogen and oxygen atoms in total. The molecule has 0 fully saturated rings. The van der Waals surface area contributed by atoms with E-state index >= 15 is 0 Å². The summed E-state index contributed by atoms with van der Waals surface area (Å²) in [5, 5.41) is 9.06. The number of rotatable bonds is 6. The second-order valence-corrected chi connectivity index (χ2v) is 3.80. The lowest BCUT2D eigenvalue weighted by atomic mass is 10.0. The molecule has 0 aliphatic carbocycles. The summed E-state index contributed by atoms with van der Waals surface area (Å²) in [7, 11) is 0. The number of ether oxygens (including phenoxy) is 1. The Labute approximate surface area is 101 Å². The van der Waals surface area contributed by atoms with Gasteiger partial charge in [0.05, 0.1) is 13.2 Å². The van der Waals surface area contributed by atoms with Gasteiger partial charge < -0.3 is 9.84 Å². The number of hydrogen-bond acceptors (Lipinski definition) is 2. The van der Waals surface area contributed by atoms with E-state index in [4.69, 9.17) is 9.84 Å². The molecule has 0 aliphatic rings. The van der Waals surface area contributed by atoms with E-state index in [0.29, 0.717) is 12.5 Å². The van der Waals surface area contributed by atoms with Crippen molar-refractivity contribution in [2.75, 3.05) is 13.2 Å². The zero-order valence-electron chi connectivity index (χ0n) is 11.8. The number of allylic oxidation sites excluding steroid dienone is 1. The molecule has 16 heavy (non-hydrogen) atoms. The molecule has 0 radical (unpaired) electrons. The van der Waals surface area contributed by atoms with Gasteiger partial charge in [-0.15, -0.1) is 0 Å². The molecular formula is C14H28O2. The van der Waals surface area contributed by atoms with Crippen LogP contribution in [-0.2, 0) is 4.74 Å². The lowest BCUT2D eigenvalue weighted by molar-refractivity contribution is 0.206. The summed E-state index contributed by atoms with van der Waals surface area (Å²) in [6, 6.07) is 0. The van der Waals surface area contributed by atoms with Gasteiger partial charge in [-0.3, -0.25) is 0 Å². The van der Waals surface area contributed by atoms with Crippen molar-refractivity contribution in [2.24, 2.45) is 5.92 Å². The fraction of sp³-hybridized carbons (Fsp3) is 0.714. The van der Waals surface area contributed by atoms with Crippen LogP contribution in [0.15, 0.2) is 23.5 Å². The number of aliphatic hydroxyl groups excluding tert-OH is 1. The number of aliphatic hydroxyl groups is 1. The van der Waals surface area contributed by atoms with Crippen LogP contribution in [0.5, 0.6) is 0 Å². The summed E-state index contributed by atoms with van der Waals surface area (Å²) < 4.78 is 5.59. The summed E-state index contributed by atoms with van der Waals surface area (Å²) in [4.78, 5) is 0. The number of hydrogen-bond donors (Lipinski definition) is 1. The minimum absolute atomic E-state index is 0.0325. The van der Waals surface area contributed by atoms with Crippen LogP contribution in [0.4, 0.5) is 0 Å². The third-order valence-corrected chi connectivity index (χ3v) is 2.06. The largest absolute Gasteiger partial charge is 0.493 e. The van der Waals surface area contributed by atoms with Gasteiger partial charge in [-0.2, -0.15) is 0 Å². The molecular weight excluding hydrogens is 200 g/mol. The topological polar surface area (TPSA) is 29.5 Å². The van der Waals surface area contributed by atoms with E-state index in [9.17, 15) is 0 Å². The van der Waals surface area contributed by atoms with E-state index in [0.717, 1.165) is 23.3 Å². The van der Waals surface area contributed by atoms with Crippen molar-refractivity contribution in [1.29, 1.82) is 0 Å². The van der Waals surface area contributed by atoms with E-state index in [1.807, 2.05) is 20.8 Å². The minimum atomic E-state index is 0.0325. The van der Waals surface area contributed by atoms with Gasteiger partial charge in [-0.1, -0.05) is 41.2 Å². The van der Waals surface area contributed by atoms with Crippen LogP contribution < -0.4 is 0 Å². The van der Waals surface area contributed by atoms with E-state index in [1.54, 1.807) is 0 Å². The monoisotopic (exact) mass is 228 g/mol. The summed E-state index contributed by atoms with van der Waals surface area (Å²) in [5.41, 5.74) is 1.82. The molecule has 0 saturated heterocycles. The molecule has 0 aliphatic heterocycles. The average molecular weight is 228 g/mol. The fourth-order valence-electron chi connectivity index (χ4n) is 1.03. The molecule has 0 rings (SSSR count). The Hall–Kier alpha value is -0.760. The zero-order chi connectivity index (χ0) is 13.1. The van der Waals surface area contributed by atoms with Gasteiger partial charge >= 0.3 is 0 Å². The SMILES string of the molecule is C=C(/C(OCCC)=C(\C)CO)C(C)C.CC. The molecule has 0 unspecified atom stereocenters. The van der Waals surface area contributed by atoms with Crippen molar-refractivity contribution in [1.82, 2.24) is 0 Å². The van der Waals surface area contributed by atoms with E-state index in [1.165, 1.54) is 0 Å². The zero-order valence-corrected chi connectivity index (χ0v) is 11.8. The Morgan fingerprint density at radius 2 is 1.81 bits per heavy atom. The maximum Gasteiger partial charge on any atom is 0.123 e. The van der Waals surface area contributed by atoms with Crippen LogP contribution in [0, 0.1) is 5.92 Å². The molecule has 0 amide bonds. The minimum Gasteiger partial charge on any atom is -0.493 e. The third kappa shape index (κ3) is 6.67. The first-order chi connectivity index (χ1) is 7.54. The maximum atomic E-state index is 9.06. The molecule has 0 heterocycles. The van der Waals surface area contributed by atoms with Crippen LogP contribution in [0.1, 0.15) is 48.0 Å². The third-order valence-electron chi connectivity index (χ3n) is 2.06. The Balaban J connectivity index is 0. The predicted molar refractivity (Wildman–Crippen MR) is 71.4 cm³/mol. The van der Waals surface area contributed by atoms with Crippen molar-refractivity contribution >= 4 is 0 Å². The summed E-state index contributed by atoms with van der Waals surface area (Å²) >= 11 is 0. The lowest BCUT2D eigenvalue weighted by Gasteiger charge is -2.17. The van der Waals surface area contributed by atoms with Crippen molar-refractivity contribution in [3.63, 3.8) is 0 Å². The van der Waals surface area contributed by atoms with Crippen molar-refractivity contribution in [3.05, 3.63) is 23.5 Å². The van der Waals surface area contributed by atoms with Gasteiger partial charge in [-0.05, 0) is 30.4 Å². The van der Waals surface area contributed by atoms with Crippen LogP contribution in [0.25, 0.3) is 0 Å². The molecule has 0 saturated carbocycles. The van der Waals surface area contributed by atoms with Crippen molar-refractivity contribution in [3.8, 4) is 0 Å². The van der Waals surface area contributed by atoms with Crippen LogP contribution in [-0.4, -0.2) is 18.3 Å². The second-order valence-electron chi connectivity index (χ2n) is 3.80. The predicted octanol–water partition coefficient (Wildman–Crippen LogP) is 3.92. The molecule has 2 heteroatoms. The quantitative estimate of drug-likeness (QED) is 0.551. The van der Waals surface area contributed by atoms with E-state index < -0.39 is 0 Å². The first-order valence-corrected chi connectivity index (χ1v) is 6.17. The van der Waals surface area contributed by atoms with E-state index in [2.05, 4.69) is 27.4 Å². The fourth-order valence-corrected chi connectivity index (χ4v) is 1.03. The van der Waals surface area contributed by atoms with Gasteiger partial charge in [-0.25, -0.2) is 0 Å². The van der Waals surface area contributed by atoms with Crippen molar-refractivity contribution < 1.29 is 9.84 Å². The molecule has 96 valence electrons. The Bertz CT molecular complexity index is 215. The molecule has 0 aromatic heterocycles. The highest BCUT2D eigenvalue weighted by Gasteiger charge is 2.11. The van der Waals surface area contributed by atoms with Crippen LogP contribution in [0.2, 0.25) is 0 Å². The van der Waals surface area contributed by atoms with Gasteiger partial charge in [0.1, 0.15) is 5.76 Å². The normalized spacial score (nSPS) is 11.5.